The predicted octanol–water partition coefficient (Wildman–Crippen LogP) is 4.19. The van der Waals surface area contributed by atoms with Crippen LogP contribution in [0.1, 0.15) is 33.1 Å². The summed E-state index contributed by atoms with van der Waals surface area (Å²) in [5.74, 6) is -0.300. The van der Waals surface area contributed by atoms with Crippen LogP contribution in [0.4, 0.5) is 5.69 Å². The van der Waals surface area contributed by atoms with Crippen LogP contribution in [0.15, 0.2) is 65.4 Å². The standard InChI is InChI=1S/C22H21N3O3S/c26-22(17-6-3-7-20(12-17)25(27)28)23-13-21(19-9-11-29-15-19)24-10-8-16-4-1-2-5-18(16)14-24/h1-7,9,11-12,15,21H,8,10,13-14H2,(H,23,26). The van der Waals surface area contributed by atoms with Gasteiger partial charge < -0.3 is 5.32 Å². The van der Waals surface area contributed by atoms with E-state index in [2.05, 4.69) is 45.9 Å². The highest BCUT2D eigenvalue weighted by Gasteiger charge is 2.25. The van der Waals surface area contributed by atoms with Gasteiger partial charge in [0, 0.05) is 37.3 Å². The summed E-state index contributed by atoms with van der Waals surface area (Å²) in [5.41, 5.74) is 4.10. The number of fused-ring (bicyclic) bond motifs is 1. The third-order valence-electron chi connectivity index (χ3n) is 5.30. The van der Waals surface area contributed by atoms with E-state index in [-0.39, 0.29) is 17.6 Å². The van der Waals surface area contributed by atoms with E-state index < -0.39 is 4.92 Å². The molecule has 7 heteroatoms. The number of nitrogens with one attached hydrogen (secondary N) is 1. The van der Waals surface area contributed by atoms with E-state index in [1.807, 2.05) is 5.38 Å². The zero-order chi connectivity index (χ0) is 20.2. The van der Waals surface area contributed by atoms with Crippen LogP contribution in [-0.4, -0.2) is 28.8 Å². The molecule has 1 amide bonds. The van der Waals surface area contributed by atoms with Crippen molar-refractivity contribution in [1.82, 2.24) is 10.2 Å². The Morgan fingerprint density at radius 2 is 2.00 bits per heavy atom. The van der Waals surface area contributed by atoms with Gasteiger partial charge in [-0.3, -0.25) is 19.8 Å². The number of carbonyl (C=O) groups is 1. The Morgan fingerprint density at radius 1 is 1.17 bits per heavy atom. The molecule has 3 aromatic rings. The van der Waals surface area contributed by atoms with Gasteiger partial charge in [-0.05, 0) is 46.0 Å². The Hall–Kier alpha value is -3.03. The van der Waals surface area contributed by atoms with Crippen molar-refractivity contribution in [2.24, 2.45) is 0 Å². The van der Waals surface area contributed by atoms with Gasteiger partial charge in [0.15, 0.2) is 0 Å². The van der Waals surface area contributed by atoms with Gasteiger partial charge in [0.1, 0.15) is 0 Å². The Balaban J connectivity index is 1.50. The number of benzene rings is 2. The van der Waals surface area contributed by atoms with E-state index in [1.165, 1.54) is 34.9 Å². The molecule has 29 heavy (non-hydrogen) atoms. The van der Waals surface area contributed by atoms with Crippen LogP contribution >= 0.6 is 11.3 Å². The third kappa shape index (κ3) is 4.36. The second-order valence-corrected chi connectivity index (χ2v) is 7.86. The zero-order valence-electron chi connectivity index (χ0n) is 15.8. The summed E-state index contributed by atoms with van der Waals surface area (Å²) in [7, 11) is 0. The summed E-state index contributed by atoms with van der Waals surface area (Å²) < 4.78 is 0. The summed E-state index contributed by atoms with van der Waals surface area (Å²) in [4.78, 5) is 25.5. The first-order valence-corrected chi connectivity index (χ1v) is 10.4. The fraction of sp³-hybridized carbons (Fsp3) is 0.227. The zero-order valence-corrected chi connectivity index (χ0v) is 16.6. The molecule has 0 fully saturated rings. The summed E-state index contributed by atoms with van der Waals surface area (Å²) in [6, 6.07) is 16.4. The molecule has 0 aliphatic carbocycles. The number of nitrogens with zero attached hydrogens (tertiary/aromatic N) is 2. The molecule has 1 aromatic heterocycles. The van der Waals surface area contributed by atoms with Gasteiger partial charge in [-0.1, -0.05) is 30.3 Å². The smallest absolute Gasteiger partial charge is 0.270 e. The minimum atomic E-state index is -0.490. The number of hydrogen-bond donors (Lipinski definition) is 1. The van der Waals surface area contributed by atoms with Gasteiger partial charge in [0.25, 0.3) is 11.6 Å². The van der Waals surface area contributed by atoms with Crippen molar-refractivity contribution in [3.05, 3.63) is 97.7 Å². The van der Waals surface area contributed by atoms with Crippen molar-refractivity contribution >= 4 is 22.9 Å². The largest absolute Gasteiger partial charge is 0.350 e. The molecule has 2 aromatic carbocycles. The Kier molecular flexibility index (Phi) is 5.69. The lowest BCUT2D eigenvalue weighted by Gasteiger charge is -2.35. The number of thiophene rings is 1. The number of carbonyl (C=O) groups excluding carboxylic acids is 1. The quantitative estimate of drug-likeness (QED) is 0.491. The molecule has 1 unspecified atom stereocenters. The molecule has 1 aliphatic rings. The van der Waals surface area contributed by atoms with Gasteiger partial charge in [-0.15, -0.1) is 0 Å². The molecule has 0 bridgehead atoms. The molecule has 1 atom stereocenters. The summed E-state index contributed by atoms with van der Waals surface area (Å²) in [6.07, 6.45) is 0.982. The predicted molar refractivity (Wildman–Crippen MR) is 113 cm³/mol. The first kappa shape index (κ1) is 19.3. The molecular formula is C22H21N3O3S. The van der Waals surface area contributed by atoms with Gasteiger partial charge in [0.2, 0.25) is 0 Å². The number of nitro groups is 1. The molecule has 148 valence electrons. The number of rotatable bonds is 6. The summed E-state index contributed by atoms with van der Waals surface area (Å²) in [6.45, 7) is 2.20. The lowest BCUT2D eigenvalue weighted by molar-refractivity contribution is -0.384. The van der Waals surface area contributed by atoms with Crippen molar-refractivity contribution in [2.45, 2.75) is 19.0 Å². The highest BCUT2D eigenvalue weighted by atomic mass is 32.1. The van der Waals surface area contributed by atoms with E-state index in [0.717, 1.165) is 19.5 Å². The molecule has 0 radical (unpaired) electrons. The minimum absolute atomic E-state index is 0.0530. The van der Waals surface area contributed by atoms with Crippen LogP contribution < -0.4 is 5.32 Å². The molecular weight excluding hydrogens is 386 g/mol. The fourth-order valence-corrected chi connectivity index (χ4v) is 4.47. The lowest BCUT2D eigenvalue weighted by atomic mass is 9.97. The van der Waals surface area contributed by atoms with E-state index in [1.54, 1.807) is 17.4 Å². The molecule has 2 heterocycles. The minimum Gasteiger partial charge on any atom is -0.350 e. The second kappa shape index (κ2) is 8.55. The average Bonchev–Trinajstić information content (AvgIpc) is 3.28. The summed E-state index contributed by atoms with van der Waals surface area (Å²) >= 11 is 1.64. The highest BCUT2D eigenvalue weighted by molar-refractivity contribution is 7.08. The van der Waals surface area contributed by atoms with Gasteiger partial charge >= 0.3 is 0 Å². The van der Waals surface area contributed by atoms with E-state index in [0.29, 0.717) is 12.1 Å². The first-order valence-electron chi connectivity index (χ1n) is 9.47. The molecule has 1 aliphatic heterocycles. The normalized spacial score (nSPS) is 14.8. The topological polar surface area (TPSA) is 75.5 Å². The number of amides is 1. The molecule has 1 N–H and O–H groups in total. The SMILES string of the molecule is O=C(NCC(c1ccsc1)N1CCc2ccccc2C1)c1cccc([N+](=O)[O-])c1. The van der Waals surface area contributed by atoms with Crippen LogP contribution in [0.25, 0.3) is 0 Å². The number of hydrogen-bond acceptors (Lipinski definition) is 5. The molecule has 0 saturated heterocycles. The van der Waals surface area contributed by atoms with Crippen molar-refractivity contribution in [3.8, 4) is 0 Å². The van der Waals surface area contributed by atoms with E-state index in [4.69, 9.17) is 0 Å². The maximum absolute atomic E-state index is 12.6. The average molecular weight is 407 g/mol. The van der Waals surface area contributed by atoms with Crippen LogP contribution in [0.3, 0.4) is 0 Å². The lowest BCUT2D eigenvalue weighted by Crippen LogP contribution is -2.40. The van der Waals surface area contributed by atoms with Crippen LogP contribution in [0, 0.1) is 10.1 Å². The monoisotopic (exact) mass is 407 g/mol. The van der Waals surface area contributed by atoms with E-state index >= 15 is 0 Å². The first-order chi connectivity index (χ1) is 14.1. The van der Waals surface area contributed by atoms with Gasteiger partial charge in [0.05, 0.1) is 11.0 Å². The van der Waals surface area contributed by atoms with Crippen LogP contribution in [0.2, 0.25) is 0 Å². The maximum atomic E-state index is 12.6. The summed E-state index contributed by atoms with van der Waals surface area (Å²) in [5, 5.41) is 18.1. The fourth-order valence-electron chi connectivity index (χ4n) is 3.76. The number of nitro benzene ring substituents is 1. The third-order valence-corrected chi connectivity index (χ3v) is 6.01. The van der Waals surface area contributed by atoms with Crippen molar-refractivity contribution in [2.75, 3.05) is 13.1 Å². The van der Waals surface area contributed by atoms with Crippen molar-refractivity contribution in [1.29, 1.82) is 0 Å². The van der Waals surface area contributed by atoms with Crippen LogP contribution in [0.5, 0.6) is 0 Å². The molecule has 0 spiro atoms. The number of non-ortho nitro benzene ring substituents is 1. The molecule has 6 nitrogen and oxygen atoms in total. The Labute approximate surface area is 172 Å². The Bertz CT molecular complexity index is 1020. The van der Waals surface area contributed by atoms with E-state index in [9.17, 15) is 14.9 Å². The maximum Gasteiger partial charge on any atom is 0.270 e. The van der Waals surface area contributed by atoms with Gasteiger partial charge in [-0.25, -0.2) is 0 Å². The Morgan fingerprint density at radius 3 is 2.76 bits per heavy atom. The van der Waals surface area contributed by atoms with Crippen LogP contribution in [-0.2, 0) is 13.0 Å². The van der Waals surface area contributed by atoms with Crippen molar-refractivity contribution < 1.29 is 9.72 Å². The highest BCUT2D eigenvalue weighted by Crippen LogP contribution is 2.29. The molecule has 4 rings (SSSR count). The molecule has 0 saturated carbocycles. The second-order valence-electron chi connectivity index (χ2n) is 7.08. The van der Waals surface area contributed by atoms with Gasteiger partial charge in [-0.2, -0.15) is 11.3 Å². The van der Waals surface area contributed by atoms with Crippen molar-refractivity contribution in [3.63, 3.8) is 0 Å².